The maximum atomic E-state index is 11.8. The quantitative estimate of drug-likeness (QED) is 0.833. The van der Waals surface area contributed by atoms with Crippen molar-refractivity contribution in [2.45, 2.75) is 25.7 Å². The first-order valence-electron chi connectivity index (χ1n) is 5.99. The number of nitrogens with zero attached hydrogens (tertiary/aromatic N) is 1. The minimum Gasteiger partial charge on any atom is -0.293 e. The molecule has 0 bridgehead atoms. The van der Waals surface area contributed by atoms with E-state index in [-0.39, 0.29) is 5.78 Å². The molecule has 3 rings (SSSR count). The number of hydrogen-bond donors (Lipinski definition) is 0. The van der Waals surface area contributed by atoms with E-state index in [0.29, 0.717) is 12.8 Å². The topological polar surface area (TPSA) is 30.0 Å². The van der Waals surface area contributed by atoms with Crippen molar-refractivity contribution in [1.82, 2.24) is 4.98 Å². The van der Waals surface area contributed by atoms with Crippen LogP contribution >= 0.6 is 22.9 Å². The van der Waals surface area contributed by atoms with Gasteiger partial charge in [0.25, 0.3) is 0 Å². The van der Waals surface area contributed by atoms with Crippen LogP contribution in [0.25, 0.3) is 0 Å². The lowest BCUT2D eigenvalue weighted by molar-refractivity contribution is 0.0976. The second-order valence-electron chi connectivity index (χ2n) is 4.43. The zero-order valence-corrected chi connectivity index (χ0v) is 11.4. The SMILES string of the molecule is O=C1CCCc2nc(Cc3ccccc3Cl)sc21. The monoisotopic (exact) mass is 277 g/mol. The Morgan fingerprint density at radius 3 is 2.89 bits per heavy atom. The van der Waals surface area contributed by atoms with E-state index in [1.807, 2.05) is 24.3 Å². The van der Waals surface area contributed by atoms with Crippen molar-refractivity contribution in [2.75, 3.05) is 0 Å². The van der Waals surface area contributed by atoms with Gasteiger partial charge in [0.15, 0.2) is 5.78 Å². The standard InChI is InChI=1S/C14H12ClNOS/c15-10-5-2-1-4-9(10)8-13-16-11-6-3-7-12(17)14(11)18-13/h1-2,4-5H,3,6-8H2. The van der Waals surface area contributed by atoms with Crippen LogP contribution in [0.15, 0.2) is 24.3 Å². The van der Waals surface area contributed by atoms with Crippen molar-refractivity contribution in [2.24, 2.45) is 0 Å². The molecule has 1 heterocycles. The van der Waals surface area contributed by atoms with Crippen molar-refractivity contribution >= 4 is 28.7 Å². The van der Waals surface area contributed by atoms with Gasteiger partial charge in [-0.3, -0.25) is 4.79 Å². The van der Waals surface area contributed by atoms with Crippen molar-refractivity contribution in [3.63, 3.8) is 0 Å². The van der Waals surface area contributed by atoms with Crippen LogP contribution in [-0.4, -0.2) is 10.8 Å². The highest BCUT2D eigenvalue weighted by Crippen LogP contribution is 2.29. The molecule has 0 saturated carbocycles. The fourth-order valence-electron chi connectivity index (χ4n) is 2.20. The second-order valence-corrected chi connectivity index (χ2v) is 5.92. The third-order valence-corrected chi connectivity index (χ3v) is 4.62. The minimum atomic E-state index is 0.249. The number of carbonyl (C=O) groups is 1. The lowest BCUT2D eigenvalue weighted by Crippen LogP contribution is -2.07. The number of fused-ring (bicyclic) bond motifs is 1. The van der Waals surface area contributed by atoms with Gasteiger partial charge in [-0.1, -0.05) is 29.8 Å². The number of thiazole rings is 1. The van der Waals surface area contributed by atoms with Crippen LogP contribution in [0.3, 0.4) is 0 Å². The molecule has 0 aliphatic heterocycles. The van der Waals surface area contributed by atoms with E-state index < -0.39 is 0 Å². The first kappa shape index (κ1) is 11.9. The summed E-state index contributed by atoms with van der Waals surface area (Å²) in [5.74, 6) is 0.249. The van der Waals surface area contributed by atoms with E-state index in [4.69, 9.17) is 11.6 Å². The lowest BCUT2D eigenvalue weighted by Gasteiger charge is -2.06. The summed E-state index contributed by atoms with van der Waals surface area (Å²) in [4.78, 5) is 17.2. The Kier molecular flexibility index (Phi) is 3.18. The summed E-state index contributed by atoms with van der Waals surface area (Å²) < 4.78 is 0. The van der Waals surface area contributed by atoms with Gasteiger partial charge in [0, 0.05) is 17.9 Å². The van der Waals surface area contributed by atoms with Crippen molar-refractivity contribution in [3.05, 3.63) is 50.4 Å². The maximum Gasteiger partial charge on any atom is 0.174 e. The summed E-state index contributed by atoms with van der Waals surface area (Å²) in [6, 6.07) is 7.78. The molecule has 0 unspecified atom stereocenters. The fourth-order valence-corrected chi connectivity index (χ4v) is 3.50. The van der Waals surface area contributed by atoms with E-state index in [2.05, 4.69) is 4.98 Å². The first-order chi connectivity index (χ1) is 8.74. The third-order valence-electron chi connectivity index (χ3n) is 3.11. The Hall–Kier alpha value is -1.19. The van der Waals surface area contributed by atoms with Crippen molar-refractivity contribution < 1.29 is 4.79 Å². The highest BCUT2D eigenvalue weighted by atomic mass is 35.5. The van der Waals surface area contributed by atoms with Gasteiger partial charge in [-0.05, 0) is 24.5 Å². The molecule has 0 radical (unpaired) electrons. The minimum absolute atomic E-state index is 0.249. The Morgan fingerprint density at radius 1 is 1.28 bits per heavy atom. The molecule has 92 valence electrons. The Morgan fingerprint density at radius 2 is 2.11 bits per heavy atom. The number of Topliss-reactive ketones (excluding diaryl/α,β-unsaturated/α-hetero) is 1. The smallest absolute Gasteiger partial charge is 0.174 e. The predicted octanol–water partition coefficient (Wildman–Crippen LogP) is 3.91. The summed E-state index contributed by atoms with van der Waals surface area (Å²) >= 11 is 7.67. The van der Waals surface area contributed by atoms with Gasteiger partial charge in [-0.15, -0.1) is 11.3 Å². The molecule has 4 heteroatoms. The Labute approximate surface area is 115 Å². The number of rotatable bonds is 2. The van der Waals surface area contributed by atoms with Crippen LogP contribution in [0.2, 0.25) is 5.02 Å². The molecule has 0 spiro atoms. The molecule has 18 heavy (non-hydrogen) atoms. The van der Waals surface area contributed by atoms with Crippen LogP contribution in [-0.2, 0) is 12.8 Å². The number of aryl methyl sites for hydroxylation is 1. The van der Waals surface area contributed by atoms with Gasteiger partial charge in [-0.2, -0.15) is 0 Å². The molecule has 0 N–H and O–H groups in total. The molecule has 0 amide bonds. The summed E-state index contributed by atoms with van der Waals surface area (Å²) in [6.07, 6.45) is 3.24. The largest absolute Gasteiger partial charge is 0.293 e. The average Bonchev–Trinajstić information content (AvgIpc) is 2.76. The molecule has 1 aliphatic carbocycles. The molecule has 1 aliphatic rings. The normalized spacial score (nSPS) is 14.6. The number of carbonyl (C=O) groups excluding carboxylic acids is 1. The Balaban J connectivity index is 1.90. The maximum absolute atomic E-state index is 11.8. The average molecular weight is 278 g/mol. The molecule has 2 aromatic rings. The molecule has 0 fully saturated rings. The number of benzene rings is 1. The van der Waals surface area contributed by atoms with Crippen LogP contribution in [0, 0.1) is 0 Å². The van der Waals surface area contributed by atoms with E-state index >= 15 is 0 Å². The summed E-state index contributed by atoms with van der Waals surface area (Å²) in [5.41, 5.74) is 2.05. The molecular formula is C14H12ClNOS. The fraction of sp³-hybridized carbons (Fsp3) is 0.286. The number of hydrogen-bond acceptors (Lipinski definition) is 3. The van der Waals surface area contributed by atoms with Gasteiger partial charge in [0.2, 0.25) is 0 Å². The molecule has 1 aromatic carbocycles. The molecule has 2 nitrogen and oxygen atoms in total. The van der Waals surface area contributed by atoms with E-state index in [9.17, 15) is 4.79 Å². The van der Waals surface area contributed by atoms with Crippen LogP contribution < -0.4 is 0 Å². The highest BCUT2D eigenvalue weighted by Gasteiger charge is 2.22. The predicted molar refractivity (Wildman–Crippen MR) is 73.6 cm³/mol. The number of aromatic nitrogens is 1. The van der Waals surface area contributed by atoms with E-state index in [0.717, 1.165) is 39.0 Å². The van der Waals surface area contributed by atoms with Gasteiger partial charge in [0.1, 0.15) is 0 Å². The van der Waals surface area contributed by atoms with Crippen molar-refractivity contribution in [1.29, 1.82) is 0 Å². The van der Waals surface area contributed by atoms with Crippen LogP contribution in [0.5, 0.6) is 0 Å². The summed E-state index contributed by atoms with van der Waals surface area (Å²) in [5, 5.41) is 1.75. The zero-order chi connectivity index (χ0) is 12.5. The summed E-state index contributed by atoms with van der Waals surface area (Å²) in [7, 11) is 0. The van der Waals surface area contributed by atoms with Gasteiger partial charge in [-0.25, -0.2) is 4.98 Å². The highest BCUT2D eigenvalue weighted by molar-refractivity contribution is 7.13. The number of halogens is 1. The van der Waals surface area contributed by atoms with Crippen LogP contribution in [0.4, 0.5) is 0 Å². The van der Waals surface area contributed by atoms with E-state index in [1.165, 1.54) is 11.3 Å². The first-order valence-corrected chi connectivity index (χ1v) is 7.18. The molecule has 0 atom stereocenters. The molecular weight excluding hydrogens is 266 g/mol. The summed E-state index contributed by atoms with van der Waals surface area (Å²) in [6.45, 7) is 0. The van der Waals surface area contributed by atoms with E-state index in [1.54, 1.807) is 0 Å². The van der Waals surface area contributed by atoms with Gasteiger partial charge < -0.3 is 0 Å². The number of ketones is 1. The lowest BCUT2D eigenvalue weighted by atomic mass is 10.0. The van der Waals surface area contributed by atoms with Crippen molar-refractivity contribution in [3.8, 4) is 0 Å². The molecule has 0 saturated heterocycles. The van der Waals surface area contributed by atoms with Crippen LogP contribution in [0.1, 0.15) is 38.8 Å². The van der Waals surface area contributed by atoms with Gasteiger partial charge in [0.05, 0.1) is 15.6 Å². The molecule has 1 aromatic heterocycles. The Bertz CT molecular complexity index is 606. The third kappa shape index (κ3) is 2.20. The second kappa shape index (κ2) is 4.82. The zero-order valence-electron chi connectivity index (χ0n) is 9.78. The van der Waals surface area contributed by atoms with Gasteiger partial charge >= 0.3 is 0 Å².